The number of hydrogen-bond donors (Lipinski definition) is 0. The Kier molecular flexibility index (Phi) is 3.78. The van der Waals surface area contributed by atoms with Gasteiger partial charge in [0.2, 0.25) is 0 Å². The largest absolute Gasteiger partial charge is 0.354 e. The van der Waals surface area contributed by atoms with Gasteiger partial charge in [-0.15, -0.1) is 10.2 Å². The maximum atomic E-state index is 4.77. The fraction of sp³-hybridized carbons (Fsp3) is 0.294. The van der Waals surface area contributed by atoms with Crippen molar-refractivity contribution in [2.45, 2.75) is 18.8 Å². The Balaban J connectivity index is 1.43. The summed E-state index contributed by atoms with van der Waals surface area (Å²) in [5.41, 5.74) is 2.64. The van der Waals surface area contributed by atoms with Gasteiger partial charge in [-0.2, -0.15) is 18.4 Å². The number of rotatable bonds is 3. The van der Waals surface area contributed by atoms with Crippen LogP contribution in [0.2, 0.25) is 0 Å². The average molecular weight is 364 g/mol. The van der Waals surface area contributed by atoms with Crippen LogP contribution in [0.5, 0.6) is 0 Å². The highest BCUT2D eigenvalue weighted by Crippen LogP contribution is 2.29. The van der Waals surface area contributed by atoms with E-state index in [9.17, 15) is 0 Å². The van der Waals surface area contributed by atoms with Crippen LogP contribution in [0.4, 0.5) is 5.82 Å². The SMILES string of the molecule is c1cncc(-c2ccc3nnc(C4CCN(c5cnsn5)CC4)n3n2)c1. The molecule has 0 bridgehead atoms. The molecule has 0 aliphatic carbocycles. The molecule has 0 aromatic carbocycles. The zero-order valence-electron chi connectivity index (χ0n) is 13.9. The van der Waals surface area contributed by atoms with Gasteiger partial charge in [-0.05, 0) is 37.1 Å². The smallest absolute Gasteiger partial charge is 0.177 e. The van der Waals surface area contributed by atoms with Crippen LogP contribution in [0, 0.1) is 0 Å². The van der Waals surface area contributed by atoms with Crippen molar-refractivity contribution in [1.29, 1.82) is 0 Å². The van der Waals surface area contributed by atoms with Gasteiger partial charge in [0.25, 0.3) is 0 Å². The summed E-state index contributed by atoms with van der Waals surface area (Å²) >= 11 is 1.25. The van der Waals surface area contributed by atoms with Crippen LogP contribution in [0.3, 0.4) is 0 Å². The first-order valence-corrected chi connectivity index (χ1v) is 9.27. The lowest BCUT2D eigenvalue weighted by Crippen LogP contribution is -2.33. The molecule has 0 unspecified atom stereocenters. The van der Waals surface area contributed by atoms with Crippen LogP contribution in [0.15, 0.2) is 42.9 Å². The Hall–Kier alpha value is -2.94. The highest BCUT2D eigenvalue weighted by atomic mass is 32.1. The molecule has 26 heavy (non-hydrogen) atoms. The van der Waals surface area contributed by atoms with Crippen LogP contribution in [-0.4, -0.2) is 46.6 Å². The quantitative estimate of drug-likeness (QED) is 0.552. The second-order valence-corrected chi connectivity index (χ2v) is 6.87. The van der Waals surface area contributed by atoms with Crippen molar-refractivity contribution < 1.29 is 0 Å². The van der Waals surface area contributed by atoms with Gasteiger partial charge in [0.1, 0.15) is 0 Å². The molecule has 1 fully saturated rings. The molecule has 0 spiro atoms. The first-order valence-electron chi connectivity index (χ1n) is 8.54. The zero-order valence-corrected chi connectivity index (χ0v) is 14.7. The lowest BCUT2D eigenvalue weighted by Gasteiger charge is -2.30. The molecule has 0 atom stereocenters. The molecule has 1 saturated heterocycles. The van der Waals surface area contributed by atoms with E-state index in [0.717, 1.165) is 54.5 Å². The third kappa shape index (κ3) is 2.70. The fourth-order valence-electron chi connectivity index (χ4n) is 3.39. The minimum atomic E-state index is 0.337. The van der Waals surface area contributed by atoms with E-state index < -0.39 is 0 Å². The number of pyridine rings is 1. The number of fused-ring (bicyclic) bond motifs is 1. The van der Waals surface area contributed by atoms with Crippen molar-refractivity contribution >= 4 is 23.2 Å². The van der Waals surface area contributed by atoms with E-state index in [0.29, 0.717) is 5.92 Å². The molecule has 0 radical (unpaired) electrons. The predicted octanol–water partition coefficient (Wildman–Crippen LogP) is 2.42. The first-order chi connectivity index (χ1) is 12.9. The van der Waals surface area contributed by atoms with Gasteiger partial charge < -0.3 is 4.90 Å². The molecular weight excluding hydrogens is 348 g/mol. The Morgan fingerprint density at radius 2 is 1.96 bits per heavy atom. The van der Waals surface area contributed by atoms with Crippen molar-refractivity contribution in [3.63, 3.8) is 0 Å². The van der Waals surface area contributed by atoms with E-state index in [2.05, 4.69) is 28.8 Å². The molecular formula is C17H16N8S. The summed E-state index contributed by atoms with van der Waals surface area (Å²) < 4.78 is 10.3. The van der Waals surface area contributed by atoms with Crippen LogP contribution >= 0.6 is 11.7 Å². The predicted molar refractivity (Wildman–Crippen MR) is 98.1 cm³/mol. The molecule has 1 aliphatic heterocycles. The molecule has 9 heteroatoms. The maximum absolute atomic E-state index is 4.77. The fourth-order valence-corrected chi connectivity index (χ4v) is 3.83. The topological polar surface area (TPSA) is 85.0 Å². The normalized spacial score (nSPS) is 15.6. The summed E-state index contributed by atoms with van der Waals surface area (Å²) in [7, 11) is 0. The summed E-state index contributed by atoms with van der Waals surface area (Å²) in [6.45, 7) is 1.88. The Bertz CT molecular complexity index is 1010. The molecule has 4 aromatic heterocycles. The molecule has 5 heterocycles. The highest BCUT2D eigenvalue weighted by Gasteiger charge is 2.26. The number of piperidine rings is 1. The van der Waals surface area contributed by atoms with Crippen molar-refractivity contribution in [1.82, 2.24) is 33.5 Å². The number of nitrogens with zero attached hydrogens (tertiary/aromatic N) is 8. The van der Waals surface area contributed by atoms with Crippen LogP contribution < -0.4 is 4.90 Å². The molecule has 1 aliphatic rings. The standard InChI is InChI=1S/C17H16N8S/c1-2-13(10-18-7-1)14-3-4-15-20-21-17(25(15)22-14)12-5-8-24(9-6-12)16-11-19-26-23-16/h1-4,7,10-12H,5-6,8-9H2. The van der Waals surface area contributed by atoms with Gasteiger partial charge >= 0.3 is 0 Å². The number of aromatic nitrogens is 7. The van der Waals surface area contributed by atoms with Gasteiger partial charge in [-0.1, -0.05) is 0 Å². The molecule has 0 saturated carbocycles. The van der Waals surface area contributed by atoms with E-state index in [1.807, 2.05) is 41.2 Å². The van der Waals surface area contributed by atoms with Crippen molar-refractivity contribution in [2.75, 3.05) is 18.0 Å². The van der Waals surface area contributed by atoms with E-state index in [4.69, 9.17) is 5.10 Å². The van der Waals surface area contributed by atoms with Gasteiger partial charge in [-0.25, -0.2) is 0 Å². The van der Waals surface area contributed by atoms with E-state index in [-0.39, 0.29) is 0 Å². The summed E-state index contributed by atoms with van der Waals surface area (Å²) in [5, 5.41) is 13.5. The molecule has 0 N–H and O–H groups in total. The molecule has 8 nitrogen and oxygen atoms in total. The summed E-state index contributed by atoms with van der Waals surface area (Å²) in [6.07, 6.45) is 7.41. The summed E-state index contributed by atoms with van der Waals surface area (Å²) in [5.74, 6) is 2.24. The maximum Gasteiger partial charge on any atom is 0.177 e. The first kappa shape index (κ1) is 15.3. The molecule has 0 amide bonds. The zero-order chi connectivity index (χ0) is 17.3. The highest BCUT2D eigenvalue weighted by molar-refractivity contribution is 6.99. The lowest BCUT2D eigenvalue weighted by molar-refractivity contribution is 0.476. The van der Waals surface area contributed by atoms with Gasteiger partial charge in [0.15, 0.2) is 17.3 Å². The van der Waals surface area contributed by atoms with Crippen LogP contribution in [-0.2, 0) is 0 Å². The molecule has 4 aromatic rings. The van der Waals surface area contributed by atoms with Crippen LogP contribution in [0.1, 0.15) is 24.6 Å². The van der Waals surface area contributed by atoms with Crippen LogP contribution in [0.25, 0.3) is 16.9 Å². The van der Waals surface area contributed by atoms with Crippen molar-refractivity contribution in [2.24, 2.45) is 0 Å². The summed E-state index contributed by atoms with van der Waals surface area (Å²) in [6, 6.07) is 7.84. The van der Waals surface area contributed by atoms with Crippen molar-refractivity contribution in [3.8, 4) is 11.3 Å². The Morgan fingerprint density at radius 1 is 1.04 bits per heavy atom. The monoisotopic (exact) mass is 364 g/mol. The minimum absolute atomic E-state index is 0.337. The number of hydrogen-bond acceptors (Lipinski definition) is 8. The summed E-state index contributed by atoms with van der Waals surface area (Å²) in [4.78, 5) is 6.45. The van der Waals surface area contributed by atoms with Crippen molar-refractivity contribution in [3.05, 3.63) is 48.7 Å². The third-order valence-corrected chi connectivity index (χ3v) is 5.25. The van der Waals surface area contributed by atoms with E-state index >= 15 is 0 Å². The van der Waals surface area contributed by atoms with E-state index in [1.54, 1.807) is 6.20 Å². The lowest BCUT2D eigenvalue weighted by atomic mass is 9.96. The molecule has 5 rings (SSSR count). The molecule has 130 valence electrons. The van der Waals surface area contributed by atoms with Gasteiger partial charge in [0, 0.05) is 37.0 Å². The average Bonchev–Trinajstić information content (AvgIpc) is 3.38. The van der Waals surface area contributed by atoms with Gasteiger partial charge in [-0.3, -0.25) is 4.98 Å². The Morgan fingerprint density at radius 3 is 2.73 bits per heavy atom. The second-order valence-electron chi connectivity index (χ2n) is 6.32. The Labute approximate surface area is 153 Å². The number of anilines is 1. The minimum Gasteiger partial charge on any atom is -0.354 e. The third-order valence-electron chi connectivity index (χ3n) is 4.78. The van der Waals surface area contributed by atoms with E-state index in [1.165, 1.54) is 11.7 Å². The second kappa shape index (κ2) is 6.41. The van der Waals surface area contributed by atoms with Gasteiger partial charge in [0.05, 0.1) is 23.6 Å².